The first kappa shape index (κ1) is 13.1. The van der Waals surface area contributed by atoms with E-state index >= 15 is 0 Å². The third-order valence-electron chi connectivity index (χ3n) is 3.00. The third kappa shape index (κ3) is 2.21. The molecule has 104 valence electrons. The van der Waals surface area contributed by atoms with Gasteiger partial charge in [0.2, 0.25) is 0 Å². The first-order chi connectivity index (χ1) is 10.0. The van der Waals surface area contributed by atoms with Gasteiger partial charge in [-0.2, -0.15) is 18.4 Å². The number of benzene rings is 1. The van der Waals surface area contributed by atoms with Crippen LogP contribution in [0, 0.1) is 11.3 Å². The summed E-state index contributed by atoms with van der Waals surface area (Å²) in [7, 11) is 0. The summed E-state index contributed by atoms with van der Waals surface area (Å²) in [4.78, 5) is 0. The number of hydrogen-bond donors (Lipinski definition) is 0. The van der Waals surface area contributed by atoms with Crippen molar-refractivity contribution < 1.29 is 13.2 Å². The van der Waals surface area contributed by atoms with Crippen LogP contribution in [-0.2, 0) is 6.18 Å². The smallest absolute Gasteiger partial charge is 0.281 e. The summed E-state index contributed by atoms with van der Waals surface area (Å²) in [5, 5.41) is 16.5. The van der Waals surface area contributed by atoms with Crippen LogP contribution in [0.1, 0.15) is 11.1 Å². The van der Waals surface area contributed by atoms with Gasteiger partial charge in [0.1, 0.15) is 6.07 Å². The molecule has 0 fully saturated rings. The van der Waals surface area contributed by atoms with Crippen LogP contribution in [0.25, 0.3) is 17.0 Å². The van der Waals surface area contributed by atoms with Gasteiger partial charge in [0.15, 0.2) is 11.5 Å². The molecule has 0 saturated heterocycles. The van der Waals surface area contributed by atoms with E-state index in [4.69, 9.17) is 5.26 Å². The van der Waals surface area contributed by atoms with Crippen molar-refractivity contribution in [3.8, 4) is 17.5 Å². The molecule has 0 atom stereocenters. The molecule has 3 aromatic rings. The number of pyridine rings is 1. The summed E-state index contributed by atoms with van der Waals surface area (Å²) >= 11 is 0. The Morgan fingerprint density at radius 2 is 1.81 bits per heavy atom. The maximum atomic E-state index is 13.1. The van der Waals surface area contributed by atoms with Crippen LogP contribution in [0.3, 0.4) is 0 Å². The Morgan fingerprint density at radius 3 is 2.52 bits per heavy atom. The van der Waals surface area contributed by atoms with Crippen LogP contribution in [0.5, 0.6) is 0 Å². The average molecular weight is 288 g/mol. The molecule has 0 amide bonds. The lowest BCUT2D eigenvalue weighted by atomic mass is 10.1. The van der Waals surface area contributed by atoms with E-state index in [0.29, 0.717) is 11.2 Å². The molecule has 0 aliphatic rings. The molecule has 2 aromatic heterocycles. The summed E-state index contributed by atoms with van der Waals surface area (Å²) < 4.78 is 40.6. The number of aromatic nitrogens is 3. The second-order valence-electron chi connectivity index (χ2n) is 4.32. The Bertz CT molecular complexity index is 859. The van der Waals surface area contributed by atoms with E-state index in [0.717, 1.165) is 6.07 Å². The monoisotopic (exact) mass is 288 g/mol. The summed E-state index contributed by atoms with van der Waals surface area (Å²) in [6.45, 7) is 0. The predicted molar refractivity (Wildman–Crippen MR) is 68.1 cm³/mol. The molecule has 0 spiro atoms. The molecule has 3 rings (SSSR count). The molecule has 0 unspecified atom stereocenters. The molecule has 0 radical (unpaired) electrons. The van der Waals surface area contributed by atoms with Gasteiger partial charge in [0.25, 0.3) is 0 Å². The number of nitrogens with zero attached hydrogens (tertiary/aromatic N) is 4. The van der Waals surface area contributed by atoms with E-state index < -0.39 is 11.7 Å². The van der Waals surface area contributed by atoms with Crippen molar-refractivity contribution in [3.05, 3.63) is 53.7 Å². The number of fused-ring (bicyclic) bond motifs is 1. The van der Waals surface area contributed by atoms with E-state index in [1.165, 1.54) is 40.9 Å². The zero-order valence-electron chi connectivity index (χ0n) is 10.5. The lowest BCUT2D eigenvalue weighted by Crippen LogP contribution is -2.08. The van der Waals surface area contributed by atoms with Gasteiger partial charge in [-0.3, -0.25) is 4.40 Å². The minimum atomic E-state index is -4.49. The molecule has 1 aromatic carbocycles. The number of rotatable bonds is 1. The summed E-state index contributed by atoms with van der Waals surface area (Å²) in [5.41, 5.74) is -0.178. The molecule has 21 heavy (non-hydrogen) atoms. The first-order valence-electron chi connectivity index (χ1n) is 5.92. The van der Waals surface area contributed by atoms with Crippen LogP contribution in [-0.4, -0.2) is 14.6 Å². The van der Waals surface area contributed by atoms with Gasteiger partial charge in [0, 0.05) is 11.8 Å². The van der Waals surface area contributed by atoms with E-state index in [-0.39, 0.29) is 11.4 Å². The number of halogens is 3. The van der Waals surface area contributed by atoms with Gasteiger partial charge in [-0.15, -0.1) is 10.2 Å². The Hall–Kier alpha value is -2.88. The van der Waals surface area contributed by atoms with Crippen molar-refractivity contribution in [1.82, 2.24) is 14.6 Å². The zero-order valence-corrected chi connectivity index (χ0v) is 10.5. The lowest BCUT2D eigenvalue weighted by Gasteiger charge is -2.11. The number of alkyl halides is 3. The van der Waals surface area contributed by atoms with Crippen molar-refractivity contribution in [2.24, 2.45) is 0 Å². The molecule has 0 aliphatic carbocycles. The maximum absolute atomic E-state index is 13.1. The molecular weight excluding hydrogens is 281 g/mol. The Morgan fingerprint density at radius 1 is 1.05 bits per heavy atom. The number of hydrogen-bond acceptors (Lipinski definition) is 3. The Balaban J connectivity index is 2.29. The Kier molecular flexibility index (Phi) is 2.87. The van der Waals surface area contributed by atoms with Crippen LogP contribution in [0.2, 0.25) is 0 Å². The van der Waals surface area contributed by atoms with Crippen LogP contribution >= 0.6 is 0 Å². The van der Waals surface area contributed by atoms with Gasteiger partial charge in [0.05, 0.1) is 11.1 Å². The highest BCUT2D eigenvalue weighted by atomic mass is 19.4. The van der Waals surface area contributed by atoms with Crippen molar-refractivity contribution >= 4 is 5.65 Å². The standard InChI is InChI=1S/C14H7F3N4/c15-14(16,17)11-4-2-1-3-10(11)13-20-19-12-6-5-9(7-18)8-21(12)13/h1-6,8H. The van der Waals surface area contributed by atoms with E-state index in [1.54, 1.807) is 0 Å². The Labute approximate surface area is 117 Å². The first-order valence-corrected chi connectivity index (χ1v) is 5.92. The average Bonchev–Trinajstić information content (AvgIpc) is 2.89. The molecular formula is C14H7F3N4. The van der Waals surface area contributed by atoms with E-state index in [9.17, 15) is 13.2 Å². The summed E-state index contributed by atoms with van der Waals surface area (Å²) in [5.74, 6) is 0.0509. The fraction of sp³-hybridized carbons (Fsp3) is 0.0714. The van der Waals surface area contributed by atoms with E-state index in [1.807, 2.05) is 6.07 Å². The second-order valence-corrected chi connectivity index (χ2v) is 4.32. The molecule has 0 aliphatic heterocycles. The fourth-order valence-electron chi connectivity index (χ4n) is 2.07. The molecule has 4 nitrogen and oxygen atoms in total. The third-order valence-corrected chi connectivity index (χ3v) is 3.00. The van der Waals surface area contributed by atoms with Crippen LogP contribution < -0.4 is 0 Å². The normalized spacial score (nSPS) is 11.5. The molecule has 0 bridgehead atoms. The van der Waals surface area contributed by atoms with Gasteiger partial charge >= 0.3 is 6.18 Å². The van der Waals surface area contributed by atoms with Gasteiger partial charge < -0.3 is 0 Å². The fourth-order valence-corrected chi connectivity index (χ4v) is 2.07. The van der Waals surface area contributed by atoms with Crippen LogP contribution in [0.15, 0.2) is 42.6 Å². The highest BCUT2D eigenvalue weighted by Crippen LogP contribution is 2.36. The predicted octanol–water partition coefficient (Wildman–Crippen LogP) is 3.29. The largest absolute Gasteiger partial charge is 0.417 e. The van der Waals surface area contributed by atoms with Gasteiger partial charge in [-0.25, -0.2) is 0 Å². The van der Waals surface area contributed by atoms with Crippen molar-refractivity contribution in [2.75, 3.05) is 0 Å². The summed E-state index contributed by atoms with van der Waals surface area (Å²) in [6, 6.07) is 10.1. The quantitative estimate of drug-likeness (QED) is 0.690. The number of nitriles is 1. The van der Waals surface area contributed by atoms with Crippen molar-refractivity contribution in [2.45, 2.75) is 6.18 Å². The minimum absolute atomic E-state index is 0.0509. The summed E-state index contributed by atoms with van der Waals surface area (Å²) in [6.07, 6.45) is -3.08. The minimum Gasteiger partial charge on any atom is -0.281 e. The lowest BCUT2D eigenvalue weighted by molar-refractivity contribution is -0.137. The zero-order chi connectivity index (χ0) is 15.0. The van der Waals surface area contributed by atoms with Crippen molar-refractivity contribution in [3.63, 3.8) is 0 Å². The van der Waals surface area contributed by atoms with Crippen molar-refractivity contribution in [1.29, 1.82) is 5.26 Å². The van der Waals surface area contributed by atoms with Crippen LogP contribution in [0.4, 0.5) is 13.2 Å². The SMILES string of the molecule is N#Cc1ccc2nnc(-c3ccccc3C(F)(F)F)n2c1. The highest BCUT2D eigenvalue weighted by Gasteiger charge is 2.34. The highest BCUT2D eigenvalue weighted by molar-refractivity contribution is 5.64. The molecule has 0 N–H and O–H groups in total. The second kappa shape index (κ2) is 4.59. The van der Waals surface area contributed by atoms with Gasteiger partial charge in [-0.05, 0) is 18.2 Å². The van der Waals surface area contributed by atoms with Gasteiger partial charge in [-0.1, -0.05) is 18.2 Å². The van der Waals surface area contributed by atoms with E-state index in [2.05, 4.69) is 10.2 Å². The maximum Gasteiger partial charge on any atom is 0.417 e. The molecule has 0 saturated carbocycles. The topological polar surface area (TPSA) is 54.0 Å². The molecule has 7 heteroatoms. The molecule has 2 heterocycles.